The van der Waals surface area contributed by atoms with Crippen molar-refractivity contribution in [3.63, 3.8) is 0 Å². The molecule has 4 nitrogen and oxygen atoms in total. The molecule has 0 radical (unpaired) electrons. The van der Waals surface area contributed by atoms with Crippen molar-refractivity contribution in [3.05, 3.63) is 151 Å². The largest absolute Gasteiger partial charge is 0.452 e. The lowest BCUT2D eigenvalue weighted by Gasteiger charge is -2.22. The van der Waals surface area contributed by atoms with Crippen molar-refractivity contribution >= 4 is 43.9 Å². The minimum absolute atomic E-state index is 0.121. The van der Waals surface area contributed by atoms with Gasteiger partial charge in [-0.1, -0.05) is 117 Å². The molecule has 1 aliphatic rings. The third-order valence-corrected chi connectivity index (χ3v) is 9.98. The SMILES string of the molecule is CC1(C)c2ccccc2-c2ccc3c(c21)c1ccccc1n3-c1cccc(-c2nc(-c3ccccc3)nc3c2oc2ccccc23)c1. The number of aromatic nitrogens is 3. The summed E-state index contributed by atoms with van der Waals surface area (Å²) in [5, 5.41) is 3.57. The van der Waals surface area contributed by atoms with Crippen LogP contribution < -0.4 is 0 Å². The van der Waals surface area contributed by atoms with Crippen LogP contribution in [0.3, 0.4) is 0 Å². The molecule has 0 bridgehead atoms. The van der Waals surface area contributed by atoms with Crippen LogP contribution in [0.25, 0.3) is 83.3 Å². The van der Waals surface area contributed by atoms with E-state index in [1.54, 1.807) is 0 Å². The Morgan fingerprint density at radius 1 is 0.596 bits per heavy atom. The third kappa shape index (κ3) is 3.64. The van der Waals surface area contributed by atoms with Crippen molar-refractivity contribution in [3.8, 4) is 39.5 Å². The van der Waals surface area contributed by atoms with Crippen LogP contribution in [0, 0.1) is 0 Å². The van der Waals surface area contributed by atoms with E-state index in [4.69, 9.17) is 14.4 Å². The summed E-state index contributed by atoms with van der Waals surface area (Å²) < 4.78 is 8.88. The lowest BCUT2D eigenvalue weighted by Crippen LogP contribution is -2.15. The lowest BCUT2D eigenvalue weighted by atomic mass is 9.80. The number of rotatable bonds is 3. The van der Waals surface area contributed by atoms with E-state index in [0.717, 1.165) is 39.0 Å². The van der Waals surface area contributed by atoms with Gasteiger partial charge < -0.3 is 8.98 Å². The smallest absolute Gasteiger partial charge is 0.180 e. The van der Waals surface area contributed by atoms with Crippen LogP contribution in [0.1, 0.15) is 25.0 Å². The van der Waals surface area contributed by atoms with Gasteiger partial charge in [0.15, 0.2) is 11.4 Å². The average Bonchev–Trinajstić information content (AvgIpc) is 3.74. The molecule has 222 valence electrons. The molecule has 0 atom stereocenters. The Hall–Kier alpha value is -6.00. The summed E-state index contributed by atoms with van der Waals surface area (Å²) in [7, 11) is 0. The van der Waals surface area contributed by atoms with Crippen molar-refractivity contribution < 1.29 is 4.42 Å². The minimum Gasteiger partial charge on any atom is -0.452 e. The Labute approximate surface area is 271 Å². The van der Waals surface area contributed by atoms with E-state index in [-0.39, 0.29) is 5.41 Å². The predicted molar refractivity (Wildman–Crippen MR) is 192 cm³/mol. The number of benzene rings is 6. The monoisotopic (exact) mass is 603 g/mol. The first kappa shape index (κ1) is 26.2. The summed E-state index contributed by atoms with van der Waals surface area (Å²) in [4.78, 5) is 10.2. The Balaban J connectivity index is 1.24. The molecule has 0 saturated carbocycles. The molecule has 0 aliphatic heterocycles. The predicted octanol–water partition coefficient (Wildman–Crippen LogP) is 11.1. The first-order valence-electron chi connectivity index (χ1n) is 16.1. The van der Waals surface area contributed by atoms with E-state index in [1.165, 1.54) is 44.1 Å². The van der Waals surface area contributed by atoms with E-state index in [1.807, 2.05) is 36.4 Å². The van der Waals surface area contributed by atoms with Crippen LogP contribution >= 0.6 is 0 Å². The topological polar surface area (TPSA) is 43.9 Å². The molecular weight excluding hydrogens is 574 g/mol. The van der Waals surface area contributed by atoms with Crippen LogP contribution in [0.4, 0.5) is 0 Å². The van der Waals surface area contributed by atoms with Crippen molar-refractivity contribution in [1.82, 2.24) is 14.5 Å². The van der Waals surface area contributed by atoms with Crippen LogP contribution in [-0.4, -0.2) is 14.5 Å². The van der Waals surface area contributed by atoms with Gasteiger partial charge in [0.1, 0.15) is 16.8 Å². The average molecular weight is 604 g/mol. The van der Waals surface area contributed by atoms with Crippen molar-refractivity contribution in [1.29, 1.82) is 0 Å². The Kier molecular flexibility index (Phi) is 5.31. The van der Waals surface area contributed by atoms with Gasteiger partial charge in [0.25, 0.3) is 0 Å². The second kappa shape index (κ2) is 9.51. The van der Waals surface area contributed by atoms with Crippen molar-refractivity contribution in [2.75, 3.05) is 0 Å². The first-order valence-corrected chi connectivity index (χ1v) is 16.1. The fourth-order valence-electron chi connectivity index (χ4n) is 7.91. The van der Waals surface area contributed by atoms with Crippen molar-refractivity contribution in [2.45, 2.75) is 19.3 Å². The maximum absolute atomic E-state index is 6.47. The summed E-state index contributed by atoms with van der Waals surface area (Å²) in [6, 6.07) is 49.2. The molecule has 0 fully saturated rings. The Morgan fingerprint density at radius 2 is 1.34 bits per heavy atom. The quantitative estimate of drug-likeness (QED) is 0.202. The zero-order valence-corrected chi connectivity index (χ0v) is 26.0. The molecule has 10 rings (SSSR count). The molecule has 3 aromatic heterocycles. The van der Waals surface area contributed by atoms with Gasteiger partial charge in [-0.15, -0.1) is 0 Å². The standard InChI is InChI=1S/C43H29N3O/c1-43(2)33-20-9-6-17-29(33)30-23-24-35-37(38(30)43)31-18-7-10-21-34(31)46(35)28-16-12-15-27(25-28)39-41-40(32-19-8-11-22-36(32)47-41)45-42(44-39)26-13-4-3-5-14-26/h3-25H,1-2H3. The van der Waals surface area contributed by atoms with E-state index in [9.17, 15) is 0 Å². The van der Waals surface area contributed by atoms with Gasteiger partial charge in [0.05, 0.1) is 11.0 Å². The van der Waals surface area contributed by atoms with Gasteiger partial charge in [-0.25, -0.2) is 9.97 Å². The number of furan rings is 1. The van der Waals surface area contributed by atoms with Crippen molar-refractivity contribution in [2.24, 2.45) is 0 Å². The maximum Gasteiger partial charge on any atom is 0.180 e. The highest BCUT2D eigenvalue weighted by Gasteiger charge is 2.38. The third-order valence-electron chi connectivity index (χ3n) is 9.98. The molecule has 4 heteroatoms. The highest BCUT2D eigenvalue weighted by atomic mass is 16.3. The maximum atomic E-state index is 6.47. The number of para-hydroxylation sites is 2. The van der Waals surface area contributed by atoms with Gasteiger partial charge >= 0.3 is 0 Å². The van der Waals surface area contributed by atoms with E-state index >= 15 is 0 Å². The summed E-state index contributed by atoms with van der Waals surface area (Å²) >= 11 is 0. The van der Waals surface area contributed by atoms with Crippen LogP contribution in [-0.2, 0) is 5.41 Å². The zero-order chi connectivity index (χ0) is 31.3. The molecular formula is C43H29N3O. The number of fused-ring (bicyclic) bond motifs is 10. The minimum atomic E-state index is -0.121. The van der Waals surface area contributed by atoms with Crippen LogP contribution in [0.15, 0.2) is 144 Å². The van der Waals surface area contributed by atoms with Gasteiger partial charge in [0, 0.05) is 38.4 Å². The van der Waals surface area contributed by atoms with Gasteiger partial charge in [0.2, 0.25) is 0 Å². The van der Waals surface area contributed by atoms with Crippen LogP contribution in [0.2, 0.25) is 0 Å². The van der Waals surface area contributed by atoms with Gasteiger partial charge in [-0.05, 0) is 58.7 Å². The molecule has 0 N–H and O–H groups in total. The van der Waals surface area contributed by atoms with Gasteiger partial charge in [-0.2, -0.15) is 0 Å². The molecule has 0 saturated heterocycles. The van der Waals surface area contributed by atoms with Crippen LogP contribution in [0.5, 0.6) is 0 Å². The Morgan fingerprint density at radius 3 is 2.23 bits per heavy atom. The highest BCUT2D eigenvalue weighted by molar-refractivity contribution is 6.14. The summed E-state index contributed by atoms with van der Waals surface area (Å²) in [5.41, 5.74) is 13.8. The highest BCUT2D eigenvalue weighted by Crippen LogP contribution is 2.53. The number of hydrogen-bond acceptors (Lipinski definition) is 3. The second-order valence-electron chi connectivity index (χ2n) is 13.0. The number of hydrogen-bond donors (Lipinski definition) is 0. The van der Waals surface area contributed by atoms with E-state index in [0.29, 0.717) is 11.4 Å². The molecule has 47 heavy (non-hydrogen) atoms. The number of nitrogens with zero attached hydrogens (tertiary/aromatic N) is 3. The molecule has 3 heterocycles. The molecule has 1 aliphatic carbocycles. The summed E-state index contributed by atoms with van der Waals surface area (Å²) in [6.07, 6.45) is 0. The molecule has 0 amide bonds. The summed E-state index contributed by atoms with van der Waals surface area (Å²) in [5.74, 6) is 0.680. The fraction of sp³-hybridized carbons (Fsp3) is 0.0698. The summed E-state index contributed by atoms with van der Waals surface area (Å²) in [6.45, 7) is 4.73. The molecule has 6 aromatic carbocycles. The molecule has 0 spiro atoms. The normalized spacial score (nSPS) is 13.5. The Bertz CT molecular complexity index is 2710. The van der Waals surface area contributed by atoms with Gasteiger partial charge in [-0.3, -0.25) is 0 Å². The van der Waals surface area contributed by atoms with E-state index < -0.39 is 0 Å². The van der Waals surface area contributed by atoms with E-state index in [2.05, 4.69) is 122 Å². The first-order chi connectivity index (χ1) is 23.1. The second-order valence-corrected chi connectivity index (χ2v) is 13.0. The molecule has 9 aromatic rings. The fourth-order valence-corrected chi connectivity index (χ4v) is 7.91. The zero-order valence-electron chi connectivity index (χ0n) is 26.0. The molecule has 0 unspecified atom stereocenters. The lowest BCUT2D eigenvalue weighted by molar-refractivity contribution is 0.666.